The van der Waals surface area contributed by atoms with E-state index >= 15 is 0 Å². The molecule has 76 valence electrons. The molecule has 0 aromatic carbocycles. The quantitative estimate of drug-likeness (QED) is 0.726. The Hall–Kier alpha value is -1.78. The molecule has 0 bridgehead atoms. The normalized spacial score (nSPS) is 10.1. The lowest BCUT2D eigenvalue weighted by Crippen LogP contribution is -2.21. The van der Waals surface area contributed by atoms with Gasteiger partial charge in [0, 0.05) is 12.6 Å². The van der Waals surface area contributed by atoms with Crippen LogP contribution in [0.2, 0.25) is 0 Å². The highest BCUT2D eigenvalue weighted by Crippen LogP contribution is 2.18. The van der Waals surface area contributed by atoms with E-state index in [1.807, 2.05) is 0 Å². The van der Waals surface area contributed by atoms with Gasteiger partial charge in [0.1, 0.15) is 5.56 Å². The number of aromatic nitrogens is 1. The SMILES string of the molecule is CCn1c(O)c(C(=O)O)c(C)cc1=O. The molecule has 0 atom stereocenters. The van der Waals surface area contributed by atoms with Crippen LogP contribution < -0.4 is 5.56 Å². The van der Waals surface area contributed by atoms with E-state index in [0.29, 0.717) is 0 Å². The van der Waals surface area contributed by atoms with E-state index in [0.717, 1.165) is 4.57 Å². The van der Waals surface area contributed by atoms with Crippen LogP contribution in [0.1, 0.15) is 22.8 Å². The van der Waals surface area contributed by atoms with Gasteiger partial charge in [-0.3, -0.25) is 9.36 Å². The Balaban J connectivity index is 3.60. The number of aryl methyl sites for hydroxylation is 1. The fourth-order valence-corrected chi connectivity index (χ4v) is 1.32. The van der Waals surface area contributed by atoms with Crippen LogP contribution in [0.25, 0.3) is 0 Å². The number of hydrogen-bond acceptors (Lipinski definition) is 3. The van der Waals surface area contributed by atoms with Gasteiger partial charge in [-0.15, -0.1) is 0 Å². The van der Waals surface area contributed by atoms with Crippen molar-refractivity contribution in [1.82, 2.24) is 4.57 Å². The molecule has 5 nitrogen and oxygen atoms in total. The Morgan fingerprint density at radius 1 is 1.57 bits per heavy atom. The summed E-state index contributed by atoms with van der Waals surface area (Å²) >= 11 is 0. The fraction of sp³-hybridized carbons (Fsp3) is 0.333. The predicted octanol–water partition coefficient (Wildman–Crippen LogP) is 0.580. The van der Waals surface area contributed by atoms with Crippen LogP contribution in [0, 0.1) is 6.92 Å². The van der Waals surface area contributed by atoms with Gasteiger partial charge in [-0.05, 0) is 19.4 Å². The lowest BCUT2D eigenvalue weighted by molar-refractivity contribution is 0.0691. The summed E-state index contributed by atoms with van der Waals surface area (Å²) in [6.45, 7) is 3.37. The molecule has 0 saturated carbocycles. The number of aromatic carboxylic acids is 1. The van der Waals surface area contributed by atoms with Crippen molar-refractivity contribution in [3.63, 3.8) is 0 Å². The number of carbonyl (C=O) groups is 1. The van der Waals surface area contributed by atoms with Gasteiger partial charge in [0.25, 0.3) is 5.56 Å². The van der Waals surface area contributed by atoms with E-state index in [-0.39, 0.29) is 17.7 Å². The van der Waals surface area contributed by atoms with Crippen molar-refractivity contribution >= 4 is 5.97 Å². The molecular formula is C9H11NO4. The van der Waals surface area contributed by atoms with Gasteiger partial charge in [-0.1, -0.05) is 0 Å². The van der Waals surface area contributed by atoms with Crippen LogP contribution in [0.15, 0.2) is 10.9 Å². The van der Waals surface area contributed by atoms with Crippen LogP contribution in [-0.2, 0) is 6.54 Å². The number of pyridine rings is 1. The van der Waals surface area contributed by atoms with Crippen molar-refractivity contribution in [2.45, 2.75) is 20.4 Å². The monoisotopic (exact) mass is 197 g/mol. The molecule has 1 aromatic rings. The number of carboxylic acids is 1. The summed E-state index contributed by atoms with van der Waals surface area (Å²) in [6, 6.07) is 1.20. The maximum Gasteiger partial charge on any atom is 0.341 e. The molecule has 14 heavy (non-hydrogen) atoms. The molecule has 5 heteroatoms. The number of rotatable bonds is 2. The Bertz CT molecular complexity index is 433. The highest BCUT2D eigenvalue weighted by atomic mass is 16.4. The third-order valence-electron chi connectivity index (χ3n) is 2.01. The van der Waals surface area contributed by atoms with Gasteiger partial charge in [-0.25, -0.2) is 4.79 Å². The lowest BCUT2D eigenvalue weighted by atomic mass is 10.1. The van der Waals surface area contributed by atoms with E-state index in [1.54, 1.807) is 6.92 Å². The molecule has 1 heterocycles. The second kappa shape index (κ2) is 3.53. The third kappa shape index (κ3) is 1.48. The van der Waals surface area contributed by atoms with Gasteiger partial charge in [0.05, 0.1) is 0 Å². The van der Waals surface area contributed by atoms with Crippen LogP contribution in [0.5, 0.6) is 5.88 Å². The van der Waals surface area contributed by atoms with Crippen LogP contribution >= 0.6 is 0 Å². The van der Waals surface area contributed by atoms with Crippen LogP contribution in [-0.4, -0.2) is 20.7 Å². The fourth-order valence-electron chi connectivity index (χ4n) is 1.32. The second-order valence-corrected chi connectivity index (χ2v) is 2.91. The van der Waals surface area contributed by atoms with E-state index in [2.05, 4.69) is 0 Å². The second-order valence-electron chi connectivity index (χ2n) is 2.91. The Morgan fingerprint density at radius 2 is 2.14 bits per heavy atom. The standard InChI is InChI=1S/C9H11NO4/c1-3-10-6(11)4-5(2)7(8(10)12)9(13)14/h4,12H,3H2,1-2H3,(H,13,14). The van der Waals surface area contributed by atoms with E-state index < -0.39 is 17.4 Å². The number of aromatic hydroxyl groups is 1. The molecule has 0 saturated heterocycles. The molecule has 1 aromatic heterocycles. The molecule has 0 aliphatic rings. The van der Waals surface area contributed by atoms with Crippen LogP contribution in [0.3, 0.4) is 0 Å². The summed E-state index contributed by atoms with van der Waals surface area (Å²) < 4.78 is 1.01. The maximum absolute atomic E-state index is 11.3. The number of nitrogens with zero attached hydrogens (tertiary/aromatic N) is 1. The summed E-state index contributed by atoms with van der Waals surface area (Å²) in [5.41, 5.74) is -0.344. The molecule has 1 rings (SSSR count). The smallest absolute Gasteiger partial charge is 0.341 e. The summed E-state index contributed by atoms with van der Waals surface area (Å²) in [5, 5.41) is 18.3. The van der Waals surface area contributed by atoms with Crippen molar-refractivity contribution in [2.75, 3.05) is 0 Å². The van der Waals surface area contributed by atoms with Gasteiger partial charge >= 0.3 is 5.97 Å². The molecule has 0 amide bonds. The van der Waals surface area contributed by atoms with Gasteiger partial charge in [0.15, 0.2) is 0 Å². The summed E-state index contributed by atoms with van der Waals surface area (Å²) in [5.74, 6) is -1.72. The van der Waals surface area contributed by atoms with Crippen LogP contribution in [0.4, 0.5) is 0 Å². The topological polar surface area (TPSA) is 79.5 Å². The molecule has 0 unspecified atom stereocenters. The van der Waals surface area contributed by atoms with Gasteiger partial charge in [0.2, 0.25) is 5.88 Å². The van der Waals surface area contributed by atoms with E-state index in [9.17, 15) is 14.7 Å². The maximum atomic E-state index is 11.3. The molecule has 0 aliphatic carbocycles. The molecule has 0 aliphatic heterocycles. The minimum Gasteiger partial charge on any atom is -0.494 e. The molecular weight excluding hydrogens is 186 g/mol. The first-order chi connectivity index (χ1) is 6.49. The highest BCUT2D eigenvalue weighted by Gasteiger charge is 2.17. The highest BCUT2D eigenvalue weighted by molar-refractivity contribution is 5.91. The molecule has 2 N–H and O–H groups in total. The molecule has 0 spiro atoms. The Morgan fingerprint density at radius 3 is 2.57 bits per heavy atom. The zero-order chi connectivity index (χ0) is 10.9. The van der Waals surface area contributed by atoms with E-state index in [4.69, 9.17) is 5.11 Å². The minimum atomic E-state index is -1.23. The predicted molar refractivity (Wildman–Crippen MR) is 49.7 cm³/mol. The third-order valence-corrected chi connectivity index (χ3v) is 2.01. The lowest BCUT2D eigenvalue weighted by Gasteiger charge is -2.09. The van der Waals surface area contributed by atoms with Gasteiger partial charge in [-0.2, -0.15) is 0 Å². The van der Waals surface area contributed by atoms with E-state index in [1.165, 1.54) is 13.0 Å². The largest absolute Gasteiger partial charge is 0.494 e. The van der Waals surface area contributed by atoms with Crippen molar-refractivity contribution in [3.05, 3.63) is 27.5 Å². The van der Waals surface area contributed by atoms with Crippen molar-refractivity contribution in [2.24, 2.45) is 0 Å². The van der Waals surface area contributed by atoms with Crippen molar-refractivity contribution < 1.29 is 15.0 Å². The minimum absolute atomic E-state index is 0.216. The summed E-state index contributed by atoms with van der Waals surface area (Å²) in [7, 11) is 0. The average Bonchev–Trinajstić information content (AvgIpc) is 2.02. The first kappa shape index (κ1) is 10.3. The zero-order valence-electron chi connectivity index (χ0n) is 7.94. The first-order valence-electron chi connectivity index (χ1n) is 4.15. The summed E-state index contributed by atoms with van der Waals surface area (Å²) in [4.78, 5) is 22.0. The Kier molecular flexibility index (Phi) is 2.60. The van der Waals surface area contributed by atoms with Crippen molar-refractivity contribution in [3.8, 4) is 5.88 Å². The zero-order valence-corrected chi connectivity index (χ0v) is 7.94. The van der Waals surface area contributed by atoms with Crippen molar-refractivity contribution in [1.29, 1.82) is 0 Å². The molecule has 0 fully saturated rings. The summed E-state index contributed by atoms with van der Waals surface area (Å²) in [6.07, 6.45) is 0. The first-order valence-corrected chi connectivity index (χ1v) is 4.15. The average molecular weight is 197 g/mol. The number of hydrogen-bond donors (Lipinski definition) is 2. The number of carboxylic acid groups (broad SMARTS) is 1. The Labute approximate surface area is 80.2 Å². The molecule has 0 radical (unpaired) electrons. The van der Waals surface area contributed by atoms with Gasteiger partial charge < -0.3 is 10.2 Å².